The summed E-state index contributed by atoms with van der Waals surface area (Å²) in [6, 6.07) is 12.8. The Kier molecular flexibility index (Phi) is 5.66. The molecular weight excluding hydrogens is 224 g/mol. The van der Waals surface area contributed by atoms with E-state index in [-0.39, 0.29) is 0 Å². The molecule has 1 nitrogen and oxygen atoms in total. The lowest BCUT2D eigenvalue weighted by atomic mass is 10.2. The first-order valence-electron chi connectivity index (χ1n) is 6.56. The summed E-state index contributed by atoms with van der Waals surface area (Å²) in [5.74, 6) is 0. The molecule has 0 amide bonds. The average Bonchev–Trinajstić information content (AvgIpc) is 2.37. The first-order valence-corrected chi connectivity index (χ1v) is 8.88. The van der Waals surface area contributed by atoms with Crippen molar-refractivity contribution in [1.82, 2.24) is 0 Å². The number of hydrogen-bond acceptors (Lipinski definition) is 1. The molecule has 0 aliphatic heterocycles. The van der Waals surface area contributed by atoms with Gasteiger partial charge in [-0.15, -0.1) is 0 Å². The molecule has 0 saturated heterocycles. The molecule has 1 aromatic rings. The number of hydrogen-bond donors (Lipinski definition) is 0. The maximum Gasteiger partial charge on any atom is 0.219 e. The highest BCUT2D eigenvalue weighted by atomic mass is 28.4. The minimum Gasteiger partial charge on any atom is -0.413 e. The van der Waals surface area contributed by atoms with Gasteiger partial charge in [-0.2, -0.15) is 0 Å². The fourth-order valence-corrected chi connectivity index (χ4v) is 5.57. The van der Waals surface area contributed by atoms with Crippen LogP contribution in [0.4, 0.5) is 0 Å². The van der Waals surface area contributed by atoms with Crippen molar-refractivity contribution in [2.45, 2.75) is 39.8 Å². The molecule has 0 aromatic heterocycles. The Hall–Kier alpha value is -0.863. The van der Waals surface area contributed by atoms with E-state index < -0.39 is 8.32 Å². The molecular formula is C15H24OSi. The monoisotopic (exact) mass is 248 g/mol. The lowest BCUT2D eigenvalue weighted by Gasteiger charge is -2.30. The second kappa shape index (κ2) is 6.77. The topological polar surface area (TPSA) is 9.23 Å². The van der Waals surface area contributed by atoms with Gasteiger partial charge in [0.15, 0.2) is 0 Å². The second-order valence-corrected chi connectivity index (χ2v) is 8.85. The van der Waals surface area contributed by atoms with Gasteiger partial charge in [0, 0.05) is 6.61 Å². The molecule has 17 heavy (non-hydrogen) atoms. The van der Waals surface area contributed by atoms with Crippen LogP contribution >= 0.6 is 0 Å². The number of benzene rings is 1. The molecule has 0 aliphatic rings. The molecule has 1 rings (SSSR count). The Morgan fingerprint density at radius 1 is 1.12 bits per heavy atom. The Morgan fingerprint density at radius 2 is 1.71 bits per heavy atom. The summed E-state index contributed by atoms with van der Waals surface area (Å²) in [6.07, 6.45) is 2.30. The SMILES string of the molecule is CCO[Si](CC)(CC)/C(C)=C/c1ccccc1. The van der Waals surface area contributed by atoms with Crippen LogP contribution in [0, 0.1) is 0 Å². The Labute approximate surface area is 107 Å². The number of rotatable bonds is 6. The highest BCUT2D eigenvalue weighted by Gasteiger charge is 2.32. The van der Waals surface area contributed by atoms with Crippen LogP contribution in [0.25, 0.3) is 6.08 Å². The molecule has 0 spiro atoms. The van der Waals surface area contributed by atoms with Crippen LogP contribution in [-0.4, -0.2) is 14.9 Å². The maximum atomic E-state index is 6.13. The molecule has 0 heterocycles. The van der Waals surface area contributed by atoms with E-state index in [0.717, 1.165) is 18.7 Å². The van der Waals surface area contributed by atoms with Gasteiger partial charge in [-0.3, -0.25) is 0 Å². The van der Waals surface area contributed by atoms with Gasteiger partial charge in [-0.05, 0) is 31.5 Å². The highest BCUT2D eigenvalue weighted by molar-refractivity contribution is 6.81. The Balaban J connectivity index is 2.99. The standard InChI is InChI=1S/C15H24OSi/c1-5-16-17(6-2,7-3)14(4)13-15-11-9-8-10-12-15/h8-13H,5-7H2,1-4H3/b14-13+. The van der Waals surface area contributed by atoms with E-state index in [1.54, 1.807) is 0 Å². The first-order chi connectivity index (χ1) is 8.18. The van der Waals surface area contributed by atoms with Crippen LogP contribution in [-0.2, 0) is 4.43 Å². The van der Waals surface area contributed by atoms with Gasteiger partial charge in [-0.25, -0.2) is 0 Å². The van der Waals surface area contributed by atoms with E-state index in [4.69, 9.17) is 4.43 Å². The molecule has 0 radical (unpaired) electrons. The summed E-state index contributed by atoms with van der Waals surface area (Å²) in [7, 11) is -1.67. The third-order valence-electron chi connectivity index (χ3n) is 3.46. The molecule has 0 bridgehead atoms. The quantitative estimate of drug-likeness (QED) is 0.666. The van der Waals surface area contributed by atoms with Crippen LogP contribution in [0.1, 0.15) is 33.3 Å². The van der Waals surface area contributed by atoms with Crippen molar-refractivity contribution in [2.24, 2.45) is 0 Å². The van der Waals surface area contributed by atoms with Gasteiger partial charge in [0.05, 0.1) is 0 Å². The minimum absolute atomic E-state index is 0.827. The van der Waals surface area contributed by atoms with E-state index in [1.165, 1.54) is 10.8 Å². The highest BCUT2D eigenvalue weighted by Crippen LogP contribution is 2.27. The largest absolute Gasteiger partial charge is 0.413 e. The van der Waals surface area contributed by atoms with Crippen LogP contribution in [0.2, 0.25) is 12.1 Å². The van der Waals surface area contributed by atoms with Crippen molar-refractivity contribution >= 4 is 14.4 Å². The van der Waals surface area contributed by atoms with Crippen LogP contribution in [0.15, 0.2) is 35.5 Å². The van der Waals surface area contributed by atoms with Gasteiger partial charge in [0.25, 0.3) is 0 Å². The van der Waals surface area contributed by atoms with Crippen molar-refractivity contribution in [1.29, 1.82) is 0 Å². The number of allylic oxidation sites excluding steroid dienone is 1. The van der Waals surface area contributed by atoms with Gasteiger partial charge in [0.1, 0.15) is 0 Å². The molecule has 0 fully saturated rings. The van der Waals surface area contributed by atoms with Gasteiger partial charge in [0.2, 0.25) is 8.32 Å². The van der Waals surface area contributed by atoms with Crippen molar-refractivity contribution in [3.63, 3.8) is 0 Å². The van der Waals surface area contributed by atoms with E-state index in [9.17, 15) is 0 Å². The second-order valence-electron chi connectivity index (χ2n) is 4.37. The molecule has 94 valence electrons. The summed E-state index contributed by atoms with van der Waals surface area (Å²) >= 11 is 0. The predicted octanol–water partition coefficient (Wildman–Crippen LogP) is 4.65. The van der Waals surface area contributed by atoms with Crippen LogP contribution in [0.5, 0.6) is 0 Å². The molecule has 0 atom stereocenters. The summed E-state index contributed by atoms with van der Waals surface area (Å²) in [4.78, 5) is 0. The average molecular weight is 248 g/mol. The lowest BCUT2D eigenvalue weighted by molar-refractivity contribution is 0.327. The predicted molar refractivity (Wildman–Crippen MR) is 78.4 cm³/mol. The van der Waals surface area contributed by atoms with Gasteiger partial charge < -0.3 is 4.43 Å². The van der Waals surface area contributed by atoms with Crippen molar-refractivity contribution in [3.05, 3.63) is 41.1 Å². The summed E-state index contributed by atoms with van der Waals surface area (Å²) in [5, 5.41) is 1.45. The summed E-state index contributed by atoms with van der Waals surface area (Å²) < 4.78 is 6.13. The molecule has 2 heteroatoms. The van der Waals surface area contributed by atoms with Gasteiger partial charge in [-0.1, -0.05) is 55.5 Å². The molecule has 0 N–H and O–H groups in total. The van der Waals surface area contributed by atoms with E-state index in [1.807, 2.05) is 0 Å². The fourth-order valence-electron chi connectivity index (χ4n) is 2.33. The third kappa shape index (κ3) is 3.55. The van der Waals surface area contributed by atoms with E-state index in [2.05, 4.69) is 64.1 Å². The smallest absolute Gasteiger partial charge is 0.219 e. The Bertz CT molecular complexity index is 352. The summed E-state index contributed by atoms with van der Waals surface area (Å²) in [6.45, 7) is 9.68. The normalized spacial score (nSPS) is 12.8. The third-order valence-corrected chi connectivity index (χ3v) is 8.17. The summed E-state index contributed by atoms with van der Waals surface area (Å²) in [5.41, 5.74) is 1.28. The van der Waals surface area contributed by atoms with E-state index in [0.29, 0.717) is 0 Å². The zero-order chi connectivity index (χ0) is 12.7. The van der Waals surface area contributed by atoms with Crippen LogP contribution < -0.4 is 0 Å². The fraction of sp³-hybridized carbons (Fsp3) is 0.467. The zero-order valence-corrected chi connectivity index (χ0v) is 12.5. The van der Waals surface area contributed by atoms with Crippen LogP contribution in [0.3, 0.4) is 0 Å². The molecule has 1 aromatic carbocycles. The zero-order valence-electron chi connectivity index (χ0n) is 11.5. The van der Waals surface area contributed by atoms with E-state index >= 15 is 0 Å². The first kappa shape index (κ1) is 14.2. The van der Waals surface area contributed by atoms with Gasteiger partial charge >= 0.3 is 0 Å². The Morgan fingerprint density at radius 3 is 2.18 bits per heavy atom. The molecule has 0 unspecified atom stereocenters. The molecule has 0 aliphatic carbocycles. The van der Waals surface area contributed by atoms with Crippen molar-refractivity contribution in [2.75, 3.05) is 6.61 Å². The molecule has 0 saturated carbocycles. The van der Waals surface area contributed by atoms with Crippen molar-refractivity contribution in [3.8, 4) is 0 Å². The van der Waals surface area contributed by atoms with Crippen molar-refractivity contribution < 1.29 is 4.43 Å². The minimum atomic E-state index is -1.67. The maximum absolute atomic E-state index is 6.13. The lowest BCUT2D eigenvalue weighted by Crippen LogP contribution is -2.38.